The number of carbonyl (C=O) groups is 2. The zero-order valence-electron chi connectivity index (χ0n) is 13.6. The van der Waals surface area contributed by atoms with Crippen LogP contribution < -0.4 is 10.6 Å². The Hall–Kier alpha value is -1.87. The van der Waals surface area contributed by atoms with Crippen LogP contribution in [0.1, 0.15) is 48.9 Å². The lowest BCUT2D eigenvalue weighted by Gasteiger charge is -2.26. The van der Waals surface area contributed by atoms with Crippen molar-refractivity contribution in [2.24, 2.45) is 5.92 Å². The van der Waals surface area contributed by atoms with Crippen LogP contribution in [0.5, 0.6) is 0 Å². The van der Waals surface area contributed by atoms with E-state index in [4.69, 9.17) is 5.26 Å². The van der Waals surface area contributed by atoms with Crippen molar-refractivity contribution in [1.82, 2.24) is 10.6 Å². The minimum absolute atomic E-state index is 0.0475. The first kappa shape index (κ1) is 18.5. The highest BCUT2D eigenvalue weighted by atomic mass is 79.9. The van der Waals surface area contributed by atoms with Crippen LogP contribution in [0, 0.1) is 17.2 Å². The maximum absolute atomic E-state index is 12.4. The first-order chi connectivity index (χ1) is 11.6. The van der Waals surface area contributed by atoms with E-state index in [2.05, 4.69) is 26.6 Å². The van der Waals surface area contributed by atoms with Crippen LogP contribution in [0.2, 0.25) is 0 Å². The second kappa shape index (κ2) is 9.43. The zero-order valence-corrected chi connectivity index (χ0v) is 15.1. The summed E-state index contributed by atoms with van der Waals surface area (Å²) in [6.07, 6.45) is 6.41. The van der Waals surface area contributed by atoms with Crippen LogP contribution in [0.4, 0.5) is 0 Å². The molecule has 2 N–H and O–H groups in total. The minimum atomic E-state index is -0.599. The number of nitrogens with zero attached hydrogens (tertiary/aromatic N) is 1. The van der Waals surface area contributed by atoms with E-state index >= 15 is 0 Å². The molecule has 1 aromatic carbocycles. The molecule has 1 aliphatic carbocycles. The minimum Gasteiger partial charge on any atom is -0.341 e. The van der Waals surface area contributed by atoms with Gasteiger partial charge in [-0.25, -0.2) is 0 Å². The standard InChI is InChI=1S/C18H22BrN3O2/c19-15-8-6-14(7-9-15)17(23)22-16(18(24)21-11-10-20)12-13-4-2-1-3-5-13/h6-9,13,16H,1-5,11-12H2,(H,21,24)(H,22,23)/t16-/m0/s1. The van der Waals surface area contributed by atoms with Crippen molar-refractivity contribution in [3.05, 3.63) is 34.3 Å². The predicted molar refractivity (Wildman–Crippen MR) is 95.2 cm³/mol. The van der Waals surface area contributed by atoms with E-state index in [1.54, 1.807) is 24.3 Å². The van der Waals surface area contributed by atoms with Gasteiger partial charge < -0.3 is 10.6 Å². The molecule has 1 aliphatic rings. The Morgan fingerprint density at radius 2 is 1.88 bits per heavy atom. The molecule has 24 heavy (non-hydrogen) atoms. The summed E-state index contributed by atoms with van der Waals surface area (Å²) in [7, 11) is 0. The molecule has 1 atom stereocenters. The van der Waals surface area contributed by atoms with Gasteiger partial charge in [-0.3, -0.25) is 9.59 Å². The summed E-state index contributed by atoms with van der Waals surface area (Å²) < 4.78 is 0.893. The van der Waals surface area contributed by atoms with E-state index in [1.807, 2.05) is 6.07 Å². The Bertz CT molecular complexity index is 604. The van der Waals surface area contributed by atoms with Crippen molar-refractivity contribution < 1.29 is 9.59 Å². The number of hydrogen-bond acceptors (Lipinski definition) is 3. The SMILES string of the molecule is N#CCNC(=O)[C@H](CC1CCCCC1)NC(=O)c1ccc(Br)cc1. The molecule has 1 saturated carbocycles. The van der Waals surface area contributed by atoms with Gasteiger partial charge in [0.15, 0.2) is 0 Å². The van der Waals surface area contributed by atoms with E-state index in [-0.39, 0.29) is 18.4 Å². The van der Waals surface area contributed by atoms with Gasteiger partial charge >= 0.3 is 0 Å². The number of nitrogens with one attached hydrogen (secondary N) is 2. The summed E-state index contributed by atoms with van der Waals surface area (Å²) >= 11 is 3.34. The molecule has 2 amide bonds. The molecule has 0 heterocycles. The Kier molecular flexibility index (Phi) is 7.26. The Balaban J connectivity index is 2.03. The monoisotopic (exact) mass is 391 g/mol. The molecule has 6 heteroatoms. The molecule has 0 bridgehead atoms. The summed E-state index contributed by atoms with van der Waals surface area (Å²) in [4.78, 5) is 24.7. The highest BCUT2D eigenvalue weighted by Gasteiger charge is 2.26. The lowest BCUT2D eigenvalue weighted by molar-refractivity contribution is -0.123. The van der Waals surface area contributed by atoms with E-state index in [0.717, 1.165) is 17.3 Å². The molecule has 0 saturated heterocycles. The number of amides is 2. The lowest BCUT2D eigenvalue weighted by atomic mass is 9.84. The molecule has 0 aromatic heterocycles. The fraction of sp³-hybridized carbons (Fsp3) is 0.500. The first-order valence-electron chi connectivity index (χ1n) is 8.31. The predicted octanol–water partition coefficient (Wildman–Crippen LogP) is 3.16. The van der Waals surface area contributed by atoms with Gasteiger partial charge in [-0.15, -0.1) is 0 Å². The second-order valence-electron chi connectivity index (χ2n) is 6.15. The van der Waals surface area contributed by atoms with Gasteiger partial charge in [0.05, 0.1) is 6.07 Å². The molecule has 5 nitrogen and oxygen atoms in total. The number of carbonyl (C=O) groups excluding carboxylic acids is 2. The molecule has 128 valence electrons. The fourth-order valence-corrected chi connectivity index (χ4v) is 3.34. The quantitative estimate of drug-likeness (QED) is 0.730. The van der Waals surface area contributed by atoms with Gasteiger partial charge in [-0.1, -0.05) is 48.0 Å². The summed E-state index contributed by atoms with van der Waals surface area (Å²) in [6.45, 7) is -0.0475. The molecule has 0 spiro atoms. The van der Waals surface area contributed by atoms with Crippen LogP contribution in [-0.2, 0) is 4.79 Å². The molecule has 1 fully saturated rings. The van der Waals surface area contributed by atoms with E-state index in [0.29, 0.717) is 17.9 Å². The van der Waals surface area contributed by atoms with Crippen molar-refractivity contribution in [1.29, 1.82) is 5.26 Å². The van der Waals surface area contributed by atoms with Crippen molar-refractivity contribution >= 4 is 27.7 Å². The third-order valence-corrected chi connectivity index (χ3v) is 4.89. The summed E-state index contributed by atoms with van der Waals surface area (Å²) in [6, 6.07) is 8.31. The van der Waals surface area contributed by atoms with Crippen LogP contribution in [0.3, 0.4) is 0 Å². The van der Waals surface area contributed by atoms with Gasteiger partial charge in [0, 0.05) is 10.0 Å². The third kappa shape index (κ3) is 5.64. The maximum atomic E-state index is 12.4. The average molecular weight is 392 g/mol. The van der Waals surface area contributed by atoms with Crippen molar-refractivity contribution in [3.8, 4) is 6.07 Å². The largest absolute Gasteiger partial charge is 0.341 e. The smallest absolute Gasteiger partial charge is 0.251 e. The van der Waals surface area contributed by atoms with Gasteiger partial charge in [0.1, 0.15) is 12.6 Å². The summed E-state index contributed by atoms with van der Waals surface area (Å²) in [5, 5.41) is 14.0. The second-order valence-corrected chi connectivity index (χ2v) is 7.06. The molecule has 0 unspecified atom stereocenters. The summed E-state index contributed by atoms with van der Waals surface area (Å²) in [5.41, 5.74) is 0.514. The molecular weight excluding hydrogens is 370 g/mol. The number of benzene rings is 1. The summed E-state index contributed by atoms with van der Waals surface area (Å²) in [5.74, 6) is -0.107. The van der Waals surface area contributed by atoms with Crippen molar-refractivity contribution in [3.63, 3.8) is 0 Å². The molecular formula is C18H22BrN3O2. The highest BCUT2D eigenvalue weighted by molar-refractivity contribution is 9.10. The fourth-order valence-electron chi connectivity index (χ4n) is 3.08. The van der Waals surface area contributed by atoms with Gasteiger partial charge in [-0.2, -0.15) is 5.26 Å². The van der Waals surface area contributed by atoms with Crippen molar-refractivity contribution in [2.45, 2.75) is 44.6 Å². The van der Waals surface area contributed by atoms with E-state index in [9.17, 15) is 9.59 Å². The zero-order chi connectivity index (χ0) is 17.4. The average Bonchev–Trinajstić information content (AvgIpc) is 2.60. The number of nitriles is 1. The molecule has 0 radical (unpaired) electrons. The Morgan fingerprint density at radius 1 is 1.21 bits per heavy atom. The van der Waals surface area contributed by atoms with E-state index in [1.165, 1.54) is 19.3 Å². The topological polar surface area (TPSA) is 82.0 Å². The first-order valence-corrected chi connectivity index (χ1v) is 9.10. The third-order valence-electron chi connectivity index (χ3n) is 4.36. The number of halogens is 1. The Labute approximate surface area is 150 Å². The van der Waals surface area contributed by atoms with Crippen LogP contribution >= 0.6 is 15.9 Å². The van der Waals surface area contributed by atoms with Crippen molar-refractivity contribution in [2.75, 3.05) is 6.54 Å². The normalized spacial score (nSPS) is 16.0. The van der Waals surface area contributed by atoms with Gasteiger partial charge in [-0.05, 0) is 36.6 Å². The van der Waals surface area contributed by atoms with Crippen LogP contribution in [0.15, 0.2) is 28.7 Å². The van der Waals surface area contributed by atoms with Gasteiger partial charge in [0.25, 0.3) is 5.91 Å². The number of hydrogen-bond donors (Lipinski definition) is 2. The Morgan fingerprint density at radius 3 is 2.50 bits per heavy atom. The van der Waals surface area contributed by atoms with Crippen LogP contribution in [0.25, 0.3) is 0 Å². The van der Waals surface area contributed by atoms with Gasteiger partial charge in [0.2, 0.25) is 5.91 Å². The maximum Gasteiger partial charge on any atom is 0.251 e. The lowest BCUT2D eigenvalue weighted by Crippen LogP contribution is -2.48. The number of rotatable bonds is 6. The molecule has 1 aromatic rings. The van der Waals surface area contributed by atoms with Crippen LogP contribution in [-0.4, -0.2) is 24.4 Å². The van der Waals surface area contributed by atoms with E-state index < -0.39 is 6.04 Å². The molecule has 2 rings (SSSR count). The molecule has 0 aliphatic heterocycles. The highest BCUT2D eigenvalue weighted by Crippen LogP contribution is 2.27.